The van der Waals surface area contributed by atoms with E-state index < -0.39 is 0 Å². The predicted octanol–water partition coefficient (Wildman–Crippen LogP) is 0.735. The standard InChI is InChI=1S/C12H14N4O2/c1-7-11(17)14-4-5-16(7)12-15-9-3-2-8(13)6-10(9)18-12/h2-3,6-7H,4-5,13H2,1H3,(H,14,17). The number of amides is 1. The Hall–Kier alpha value is -2.24. The molecular formula is C12H14N4O2. The molecule has 1 amide bonds. The number of carbonyl (C=O) groups excluding carboxylic acids is 1. The van der Waals surface area contributed by atoms with Crippen molar-refractivity contribution in [2.45, 2.75) is 13.0 Å². The van der Waals surface area contributed by atoms with Gasteiger partial charge < -0.3 is 20.4 Å². The molecule has 0 radical (unpaired) electrons. The molecule has 0 aliphatic carbocycles. The average molecular weight is 246 g/mol. The van der Waals surface area contributed by atoms with Crippen LogP contribution in [0.4, 0.5) is 11.7 Å². The highest BCUT2D eigenvalue weighted by molar-refractivity contribution is 5.86. The van der Waals surface area contributed by atoms with E-state index in [-0.39, 0.29) is 11.9 Å². The minimum Gasteiger partial charge on any atom is -0.423 e. The van der Waals surface area contributed by atoms with E-state index >= 15 is 0 Å². The number of hydrogen-bond acceptors (Lipinski definition) is 5. The van der Waals surface area contributed by atoms with Gasteiger partial charge >= 0.3 is 0 Å². The number of anilines is 2. The van der Waals surface area contributed by atoms with Crippen molar-refractivity contribution in [3.63, 3.8) is 0 Å². The number of nitrogens with two attached hydrogens (primary N) is 1. The van der Waals surface area contributed by atoms with Crippen molar-refractivity contribution in [2.24, 2.45) is 0 Å². The Morgan fingerprint density at radius 2 is 2.39 bits per heavy atom. The van der Waals surface area contributed by atoms with E-state index in [9.17, 15) is 4.79 Å². The molecule has 3 N–H and O–H groups in total. The van der Waals surface area contributed by atoms with E-state index in [0.29, 0.717) is 30.4 Å². The fraction of sp³-hybridized carbons (Fsp3) is 0.333. The zero-order valence-corrected chi connectivity index (χ0v) is 10.0. The van der Waals surface area contributed by atoms with Crippen LogP contribution in [-0.4, -0.2) is 30.0 Å². The lowest BCUT2D eigenvalue weighted by Gasteiger charge is -2.31. The lowest BCUT2D eigenvalue weighted by atomic mass is 10.2. The minimum atomic E-state index is -0.274. The summed E-state index contributed by atoms with van der Waals surface area (Å²) < 4.78 is 5.66. The van der Waals surface area contributed by atoms with E-state index in [1.165, 1.54) is 0 Å². The first-order valence-electron chi connectivity index (χ1n) is 5.85. The first kappa shape index (κ1) is 10.9. The molecular weight excluding hydrogens is 232 g/mol. The molecule has 0 saturated carbocycles. The first-order valence-corrected chi connectivity index (χ1v) is 5.85. The molecule has 1 unspecified atom stereocenters. The van der Waals surface area contributed by atoms with Crippen LogP contribution >= 0.6 is 0 Å². The molecule has 6 nitrogen and oxygen atoms in total. The second kappa shape index (κ2) is 3.90. The van der Waals surface area contributed by atoms with Crippen molar-refractivity contribution in [1.82, 2.24) is 10.3 Å². The molecule has 94 valence electrons. The summed E-state index contributed by atoms with van der Waals surface area (Å²) in [5.41, 5.74) is 7.72. The Morgan fingerprint density at radius 1 is 1.56 bits per heavy atom. The minimum absolute atomic E-state index is 0.0111. The molecule has 6 heteroatoms. The number of hydrogen-bond donors (Lipinski definition) is 2. The number of piperazine rings is 1. The molecule has 18 heavy (non-hydrogen) atoms. The van der Waals surface area contributed by atoms with E-state index in [4.69, 9.17) is 10.2 Å². The number of fused-ring (bicyclic) bond motifs is 1. The number of aromatic nitrogens is 1. The van der Waals surface area contributed by atoms with Crippen molar-refractivity contribution in [1.29, 1.82) is 0 Å². The van der Waals surface area contributed by atoms with Crippen LogP contribution in [0.1, 0.15) is 6.92 Å². The second-order valence-corrected chi connectivity index (χ2v) is 4.38. The zero-order chi connectivity index (χ0) is 12.7. The molecule has 0 bridgehead atoms. The number of nitrogen functional groups attached to an aromatic ring is 1. The van der Waals surface area contributed by atoms with Gasteiger partial charge in [-0.25, -0.2) is 0 Å². The fourth-order valence-electron chi connectivity index (χ4n) is 2.10. The van der Waals surface area contributed by atoms with Crippen LogP contribution in [0.25, 0.3) is 11.1 Å². The van der Waals surface area contributed by atoms with Gasteiger partial charge in [0, 0.05) is 24.8 Å². The number of nitrogens with zero attached hydrogens (tertiary/aromatic N) is 2. The molecule has 3 rings (SSSR count). The third kappa shape index (κ3) is 1.66. The van der Waals surface area contributed by atoms with Crippen LogP contribution in [0.3, 0.4) is 0 Å². The van der Waals surface area contributed by atoms with Gasteiger partial charge in [-0.1, -0.05) is 0 Å². The van der Waals surface area contributed by atoms with Gasteiger partial charge in [0.25, 0.3) is 6.01 Å². The molecule has 1 saturated heterocycles. The van der Waals surface area contributed by atoms with Crippen molar-refractivity contribution in [2.75, 3.05) is 23.7 Å². The SMILES string of the molecule is CC1C(=O)NCCN1c1nc2ccc(N)cc2o1. The Labute approximate surface area is 104 Å². The highest BCUT2D eigenvalue weighted by Crippen LogP contribution is 2.25. The summed E-state index contributed by atoms with van der Waals surface area (Å²) in [6.07, 6.45) is 0. The van der Waals surface area contributed by atoms with E-state index in [0.717, 1.165) is 5.52 Å². The third-order valence-corrected chi connectivity index (χ3v) is 3.15. The van der Waals surface area contributed by atoms with Crippen LogP contribution in [0, 0.1) is 0 Å². The number of oxazole rings is 1. The highest BCUT2D eigenvalue weighted by Gasteiger charge is 2.28. The monoisotopic (exact) mass is 246 g/mol. The van der Waals surface area contributed by atoms with Crippen molar-refractivity contribution in [3.8, 4) is 0 Å². The summed E-state index contributed by atoms with van der Waals surface area (Å²) in [5, 5.41) is 2.80. The molecule has 1 aromatic heterocycles. The van der Waals surface area contributed by atoms with Gasteiger partial charge in [-0.2, -0.15) is 4.98 Å². The summed E-state index contributed by atoms with van der Waals surface area (Å²) in [5.74, 6) is -0.0111. The van der Waals surface area contributed by atoms with Crippen LogP contribution in [0.5, 0.6) is 0 Å². The van der Waals surface area contributed by atoms with Gasteiger partial charge in [-0.05, 0) is 19.1 Å². The number of rotatable bonds is 1. The van der Waals surface area contributed by atoms with Crippen molar-refractivity contribution >= 4 is 28.7 Å². The van der Waals surface area contributed by atoms with Gasteiger partial charge in [0.05, 0.1) is 0 Å². The summed E-state index contributed by atoms with van der Waals surface area (Å²) in [6.45, 7) is 3.12. The van der Waals surface area contributed by atoms with Crippen LogP contribution in [0.15, 0.2) is 22.6 Å². The quantitative estimate of drug-likeness (QED) is 0.725. The molecule has 1 aromatic carbocycles. The summed E-state index contributed by atoms with van der Waals surface area (Å²) in [6, 6.07) is 5.52. The lowest BCUT2D eigenvalue weighted by Crippen LogP contribution is -2.54. The fourth-order valence-corrected chi connectivity index (χ4v) is 2.10. The topological polar surface area (TPSA) is 84.4 Å². The van der Waals surface area contributed by atoms with Crippen molar-refractivity contribution < 1.29 is 9.21 Å². The molecule has 2 aromatic rings. The molecule has 1 aliphatic heterocycles. The average Bonchev–Trinajstić information content (AvgIpc) is 2.75. The maximum absolute atomic E-state index is 11.6. The maximum atomic E-state index is 11.6. The van der Waals surface area contributed by atoms with Gasteiger partial charge in [0.2, 0.25) is 5.91 Å². The first-order chi connectivity index (χ1) is 8.65. The lowest BCUT2D eigenvalue weighted by molar-refractivity contribution is -0.123. The van der Waals surface area contributed by atoms with Crippen LogP contribution < -0.4 is 16.0 Å². The smallest absolute Gasteiger partial charge is 0.299 e. The van der Waals surface area contributed by atoms with Gasteiger partial charge in [0.15, 0.2) is 5.58 Å². The number of carbonyl (C=O) groups is 1. The van der Waals surface area contributed by atoms with E-state index in [2.05, 4.69) is 10.3 Å². The van der Waals surface area contributed by atoms with Gasteiger partial charge in [0.1, 0.15) is 11.6 Å². The molecule has 2 heterocycles. The zero-order valence-electron chi connectivity index (χ0n) is 10.0. The molecule has 0 spiro atoms. The highest BCUT2D eigenvalue weighted by atomic mass is 16.4. The normalized spacial score (nSPS) is 20.2. The van der Waals surface area contributed by atoms with Crippen LogP contribution in [0.2, 0.25) is 0 Å². The molecule has 1 fully saturated rings. The van der Waals surface area contributed by atoms with Gasteiger partial charge in [-0.3, -0.25) is 4.79 Å². The number of benzene rings is 1. The second-order valence-electron chi connectivity index (χ2n) is 4.38. The largest absolute Gasteiger partial charge is 0.423 e. The molecule has 1 aliphatic rings. The Balaban J connectivity index is 2.01. The predicted molar refractivity (Wildman–Crippen MR) is 68.2 cm³/mol. The van der Waals surface area contributed by atoms with E-state index in [1.807, 2.05) is 17.9 Å². The summed E-state index contributed by atoms with van der Waals surface area (Å²) in [7, 11) is 0. The summed E-state index contributed by atoms with van der Waals surface area (Å²) >= 11 is 0. The van der Waals surface area contributed by atoms with E-state index in [1.54, 1.807) is 12.1 Å². The van der Waals surface area contributed by atoms with Crippen LogP contribution in [-0.2, 0) is 4.79 Å². The third-order valence-electron chi connectivity index (χ3n) is 3.15. The molecule has 1 atom stereocenters. The van der Waals surface area contributed by atoms with Crippen molar-refractivity contribution in [3.05, 3.63) is 18.2 Å². The summed E-state index contributed by atoms with van der Waals surface area (Å²) in [4.78, 5) is 17.8. The Kier molecular flexibility index (Phi) is 2.36. The number of nitrogens with one attached hydrogen (secondary N) is 1. The maximum Gasteiger partial charge on any atom is 0.299 e. The Morgan fingerprint density at radius 3 is 3.22 bits per heavy atom. The van der Waals surface area contributed by atoms with Gasteiger partial charge in [-0.15, -0.1) is 0 Å². The Bertz CT molecular complexity index is 607.